The molecule has 166 valence electrons. The van der Waals surface area contributed by atoms with Gasteiger partial charge in [0.2, 0.25) is 0 Å². The third-order valence-corrected chi connectivity index (χ3v) is 6.35. The van der Waals surface area contributed by atoms with Gasteiger partial charge in [-0.3, -0.25) is 4.79 Å². The average Bonchev–Trinajstić information content (AvgIpc) is 3.28. The normalized spacial score (nSPS) is 13.0. The second-order valence-corrected chi connectivity index (χ2v) is 8.60. The number of carbonyl (C=O) groups excluding carboxylic acids is 1. The van der Waals surface area contributed by atoms with Crippen LogP contribution in [0.1, 0.15) is 51.1 Å². The van der Waals surface area contributed by atoms with E-state index in [1.165, 1.54) is 16.7 Å². The van der Waals surface area contributed by atoms with Crippen LogP contribution in [0.5, 0.6) is 5.75 Å². The minimum atomic E-state index is 0.252. The molecule has 1 aliphatic rings. The van der Waals surface area contributed by atoms with Gasteiger partial charge in [-0.25, -0.2) is 4.98 Å². The van der Waals surface area contributed by atoms with E-state index in [1.807, 2.05) is 36.8 Å². The van der Waals surface area contributed by atoms with E-state index in [4.69, 9.17) is 4.74 Å². The number of Topliss-reactive ketones (excluding diaryl/α,β-unsaturated/α-hetero) is 1. The highest BCUT2D eigenvalue weighted by Crippen LogP contribution is 2.33. The predicted octanol–water partition coefficient (Wildman–Crippen LogP) is 5.66. The van der Waals surface area contributed by atoms with E-state index in [0.717, 1.165) is 54.8 Å². The molecule has 0 spiro atoms. The summed E-state index contributed by atoms with van der Waals surface area (Å²) < 4.78 is 8.51. The van der Waals surface area contributed by atoms with Crippen LogP contribution >= 0.6 is 0 Å². The molecular weight excluding hydrogens is 408 g/mol. The first kappa shape index (κ1) is 21.2. The Labute approximate surface area is 194 Å². The molecular formula is C29H28N2O2. The molecule has 4 nitrogen and oxygen atoms in total. The third-order valence-electron chi connectivity index (χ3n) is 6.35. The monoisotopic (exact) mass is 436 g/mol. The number of hydrogen-bond donors (Lipinski definition) is 0. The van der Waals surface area contributed by atoms with Gasteiger partial charge < -0.3 is 9.30 Å². The van der Waals surface area contributed by atoms with Crippen LogP contribution in [0.3, 0.4) is 0 Å². The zero-order valence-corrected chi connectivity index (χ0v) is 18.7. The summed E-state index contributed by atoms with van der Waals surface area (Å²) in [5, 5.41) is 0. The van der Waals surface area contributed by atoms with Gasteiger partial charge in [0.05, 0.1) is 12.9 Å². The van der Waals surface area contributed by atoms with Gasteiger partial charge >= 0.3 is 0 Å². The molecule has 3 aromatic carbocycles. The molecule has 4 heteroatoms. The molecule has 0 atom stereocenters. The number of carbonyl (C=O) groups is 1. The van der Waals surface area contributed by atoms with Crippen molar-refractivity contribution in [3.63, 3.8) is 0 Å². The van der Waals surface area contributed by atoms with Gasteiger partial charge in [-0.1, -0.05) is 60.7 Å². The molecule has 0 fully saturated rings. The zero-order valence-electron chi connectivity index (χ0n) is 18.7. The second kappa shape index (κ2) is 9.86. The van der Waals surface area contributed by atoms with E-state index >= 15 is 0 Å². The molecule has 33 heavy (non-hydrogen) atoms. The Morgan fingerprint density at radius 3 is 2.42 bits per heavy atom. The standard InChI is InChI=1S/C29H28N2O2/c32-28-13-7-12-25-26(28)14-15-29(27(25)18-22-8-3-1-4-9-22)33-17-16-24-19-30-21-31(24)20-23-10-5-2-6-11-23/h1-6,8-11,14-15,19,21H,7,12-13,16-18,20H2. The Morgan fingerprint density at radius 2 is 1.64 bits per heavy atom. The van der Waals surface area contributed by atoms with E-state index in [9.17, 15) is 4.79 Å². The first-order valence-corrected chi connectivity index (χ1v) is 11.7. The Morgan fingerprint density at radius 1 is 0.879 bits per heavy atom. The van der Waals surface area contributed by atoms with E-state index in [2.05, 4.69) is 58.1 Å². The Bertz CT molecular complexity index is 1230. The fraction of sp³-hybridized carbons (Fsp3) is 0.241. The number of ketones is 1. The molecule has 0 aliphatic heterocycles. The Kier molecular flexibility index (Phi) is 6.34. The lowest BCUT2D eigenvalue weighted by atomic mass is 9.85. The van der Waals surface area contributed by atoms with Crippen LogP contribution in [0.2, 0.25) is 0 Å². The van der Waals surface area contributed by atoms with E-state index in [1.54, 1.807) is 0 Å². The van der Waals surface area contributed by atoms with E-state index in [0.29, 0.717) is 13.0 Å². The zero-order chi connectivity index (χ0) is 22.5. The van der Waals surface area contributed by atoms with Crippen LogP contribution in [0.25, 0.3) is 0 Å². The van der Waals surface area contributed by atoms with Crippen LogP contribution < -0.4 is 4.74 Å². The molecule has 5 rings (SSSR count). The number of rotatable bonds is 8. The minimum Gasteiger partial charge on any atom is -0.493 e. The van der Waals surface area contributed by atoms with Crippen LogP contribution in [-0.4, -0.2) is 21.9 Å². The first-order chi connectivity index (χ1) is 16.3. The maximum atomic E-state index is 12.5. The van der Waals surface area contributed by atoms with Crippen molar-refractivity contribution in [3.05, 3.63) is 119 Å². The molecule has 0 saturated carbocycles. The number of fused-ring (bicyclic) bond motifs is 1. The van der Waals surface area contributed by atoms with Crippen LogP contribution in [0.15, 0.2) is 85.3 Å². The van der Waals surface area contributed by atoms with E-state index < -0.39 is 0 Å². The highest BCUT2D eigenvalue weighted by molar-refractivity contribution is 5.99. The van der Waals surface area contributed by atoms with E-state index in [-0.39, 0.29) is 5.78 Å². The topological polar surface area (TPSA) is 44.1 Å². The number of aromatic nitrogens is 2. The van der Waals surface area contributed by atoms with Gasteiger partial charge in [0, 0.05) is 48.8 Å². The summed E-state index contributed by atoms with van der Waals surface area (Å²) in [6, 6.07) is 24.8. The molecule has 0 amide bonds. The largest absolute Gasteiger partial charge is 0.493 e. The number of hydrogen-bond acceptors (Lipinski definition) is 3. The molecule has 0 N–H and O–H groups in total. The van der Waals surface area contributed by atoms with Gasteiger partial charge in [0.25, 0.3) is 0 Å². The van der Waals surface area contributed by atoms with Crippen molar-refractivity contribution in [2.45, 2.75) is 38.6 Å². The number of ether oxygens (including phenoxy) is 1. The average molecular weight is 437 g/mol. The van der Waals surface area contributed by atoms with Crippen molar-refractivity contribution in [2.24, 2.45) is 0 Å². The molecule has 1 heterocycles. The van der Waals surface area contributed by atoms with Gasteiger partial charge in [-0.05, 0) is 41.7 Å². The number of nitrogens with zero attached hydrogens (tertiary/aromatic N) is 2. The van der Waals surface area contributed by atoms with Crippen molar-refractivity contribution in [1.29, 1.82) is 0 Å². The molecule has 1 aliphatic carbocycles. The van der Waals surface area contributed by atoms with Gasteiger partial charge in [-0.2, -0.15) is 0 Å². The van der Waals surface area contributed by atoms with Gasteiger partial charge in [-0.15, -0.1) is 0 Å². The van der Waals surface area contributed by atoms with Crippen LogP contribution in [0.4, 0.5) is 0 Å². The summed E-state index contributed by atoms with van der Waals surface area (Å²) in [4.78, 5) is 16.9. The molecule has 0 bridgehead atoms. The fourth-order valence-corrected chi connectivity index (χ4v) is 4.65. The third kappa shape index (κ3) is 4.90. The predicted molar refractivity (Wildman–Crippen MR) is 130 cm³/mol. The Hall–Kier alpha value is -3.66. The first-order valence-electron chi connectivity index (χ1n) is 11.7. The van der Waals surface area contributed by atoms with Crippen molar-refractivity contribution in [2.75, 3.05) is 6.61 Å². The summed E-state index contributed by atoms with van der Waals surface area (Å²) in [5.41, 5.74) is 6.83. The lowest BCUT2D eigenvalue weighted by Crippen LogP contribution is -2.15. The Balaban J connectivity index is 1.34. The maximum Gasteiger partial charge on any atom is 0.163 e. The highest BCUT2D eigenvalue weighted by Gasteiger charge is 2.22. The molecule has 0 radical (unpaired) electrons. The molecule has 0 unspecified atom stereocenters. The fourth-order valence-electron chi connectivity index (χ4n) is 4.65. The van der Waals surface area contributed by atoms with Crippen LogP contribution in [-0.2, 0) is 25.8 Å². The summed E-state index contributed by atoms with van der Waals surface area (Å²) in [6.07, 6.45) is 7.84. The molecule has 4 aromatic rings. The summed E-state index contributed by atoms with van der Waals surface area (Å²) in [7, 11) is 0. The van der Waals surface area contributed by atoms with Crippen LogP contribution in [0, 0.1) is 0 Å². The van der Waals surface area contributed by atoms with Crippen molar-refractivity contribution < 1.29 is 9.53 Å². The molecule has 0 saturated heterocycles. The smallest absolute Gasteiger partial charge is 0.163 e. The number of imidazole rings is 1. The van der Waals surface area contributed by atoms with Gasteiger partial charge in [0.1, 0.15) is 5.75 Å². The SMILES string of the molecule is O=C1CCCc2c1ccc(OCCc1cncn1Cc1ccccc1)c2Cc1ccccc1. The summed E-state index contributed by atoms with van der Waals surface area (Å²) >= 11 is 0. The summed E-state index contributed by atoms with van der Waals surface area (Å²) in [5.74, 6) is 1.14. The number of benzene rings is 3. The van der Waals surface area contributed by atoms with Crippen molar-refractivity contribution >= 4 is 5.78 Å². The highest BCUT2D eigenvalue weighted by atomic mass is 16.5. The second-order valence-electron chi connectivity index (χ2n) is 8.60. The van der Waals surface area contributed by atoms with Gasteiger partial charge in [0.15, 0.2) is 5.78 Å². The lowest BCUT2D eigenvalue weighted by Gasteiger charge is -2.22. The quantitative estimate of drug-likeness (QED) is 0.358. The maximum absolute atomic E-state index is 12.5. The minimum absolute atomic E-state index is 0.252. The van der Waals surface area contributed by atoms with Crippen molar-refractivity contribution in [1.82, 2.24) is 9.55 Å². The van der Waals surface area contributed by atoms with Crippen molar-refractivity contribution in [3.8, 4) is 5.75 Å². The lowest BCUT2D eigenvalue weighted by molar-refractivity contribution is 0.0972. The summed E-state index contributed by atoms with van der Waals surface area (Å²) in [6.45, 7) is 1.37. The molecule has 1 aromatic heterocycles.